The summed E-state index contributed by atoms with van der Waals surface area (Å²) in [5.74, 6) is 2.76. The molecule has 0 aromatic heterocycles. The molecule has 1 rings (SSSR count). The molecule has 0 heterocycles. The molecule has 5 nitrogen and oxygen atoms in total. The van der Waals surface area contributed by atoms with Gasteiger partial charge in [0.1, 0.15) is 9.84 Å². The van der Waals surface area contributed by atoms with E-state index >= 15 is 0 Å². The smallest absolute Gasteiger partial charge is 0.193 e. The van der Waals surface area contributed by atoms with Crippen molar-refractivity contribution < 1.29 is 8.42 Å². The molecule has 1 fully saturated rings. The molecule has 25 heavy (non-hydrogen) atoms. The highest BCUT2D eigenvalue weighted by Gasteiger charge is 2.23. The van der Waals surface area contributed by atoms with Crippen LogP contribution < -0.4 is 5.32 Å². The fourth-order valence-electron chi connectivity index (χ4n) is 3.24. The van der Waals surface area contributed by atoms with Crippen LogP contribution in [0.15, 0.2) is 4.99 Å². The van der Waals surface area contributed by atoms with Gasteiger partial charge in [-0.25, -0.2) is 8.42 Å². The summed E-state index contributed by atoms with van der Waals surface area (Å²) < 4.78 is 22.7. The van der Waals surface area contributed by atoms with E-state index in [1.54, 1.807) is 0 Å². The predicted molar refractivity (Wildman–Crippen MR) is 119 cm³/mol. The molecule has 0 aromatic rings. The van der Waals surface area contributed by atoms with E-state index < -0.39 is 9.84 Å². The molecule has 0 spiro atoms. The minimum absolute atomic E-state index is 0. The largest absolute Gasteiger partial charge is 0.356 e. The second-order valence-electron chi connectivity index (χ2n) is 8.45. The SMILES string of the molecule is CN=C(NCC(C)(C)CCS(C)(=O)=O)N(C)CC1CCC(C)CC1.I. The molecule has 0 atom stereocenters. The number of sulfone groups is 1. The van der Waals surface area contributed by atoms with E-state index in [2.05, 4.69) is 43.0 Å². The van der Waals surface area contributed by atoms with Gasteiger partial charge < -0.3 is 10.2 Å². The van der Waals surface area contributed by atoms with E-state index in [4.69, 9.17) is 0 Å². The first-order valence-electron chi connectivity index (χ1n) is 9.12. The number of nitrogens with one attached hydrogen (secondary N) is 1. The molecule has 0 radical (unpaired) electrons. The van der Waals surface area contributed by atoms with Crippen molar-refractivity contribution >= 4 is 39.8 Å². The van der Waals surface area contributed by atoms with Crippen LogP contribution in [0.1, 0.15) is 52.9 Å². The molecule has 1 N–H and O–H groups in total. The second kappa shape index (κ2) is 10.9. The molecule has 1 aliphatic carbocycles. The van der Waals surface area contributed by atoms with E-state index in [1.807, 2.05) is 7.05 Å². The van der Waals surface area contributed by atoms with Crippen molar-refractivity contribution in [2.24, 2.45) is 22.2 Å². The number of hydrogen-bond donors (Lipinski definition) is 1. The highest BCUT2D eigenvalue weighted by molar-refractivity contribution is 14.0. The summed E-state index contributed by atoms with van der Waals surface area (Å²) in [6, 6.07) is 0. The molecule has 150 valence electrons. The third-order valence-corrected chi connectivity index (χ3v) is 6.06. The van der Waals surface area contributed by atoms with Crippen molar-refractivity contribution in [3.05, 3.63) is 0 Å². The summed E-state index contributed by atoms with van der Waals surface area (Å²) in [5, 5.41) is 3.43. The minimum Gasteiger partial charge on any atom is -0.356 e. The summed E-state index contributed by atoms with van der Waals surface area (Å²) in [7, 11) is 0.995. The maximum atomic E-state index is 11.4. The van der Waals surface area contributed by atoms with Gasteiger partial charge in [-0.2, -0.15) is 0 Å². The lowest BCUT2D eigenvalue weighted by Gasteiger charge is -2.33. The highest BCUT2D eigenvalue weighted by Crippen LogP contribution is 2.28. The number of rotatable bonds is 7. The van der Waals surface area contributed by atoms with Gasteiger partial charge in [0.05, 0.1) is 5.75 Å². The van der Waals surface area contributed by atoms with Gasteiger partial charge in [0.15, 0.2) is 5.96 Å². The summed E-state index contributed by atoms with van der Waals surface area (Å²) in [5.41, 5.74) is -0.0832. The molecule has 0 amide bonds. The molecular weight excluding hydrogens is 449 g/mol. The Morgan fingerprint density at radius 3 is 2.28 bits per heavy atom. The van der Waals surface area contributed by atoms with Gasteiger partial charge in [-0.3, -0.25) is 4.99 Å². The number of halogens is 1. The highest BCUT2D eigenvalue weighted by atomic mass is 127. The summed E-state index contributed by atoms with van der Waals surface area (Å²) in [6.07, 6.45) is 7.24. The van der Waals surface area contributed by atoms with Gasteiger partial charge in [0.2, 0.25) is 0 Å². The van der Waals surface area contributed by atoms with Crippen LogP contribution in [0, 0.1) is 17.3 Å². The van der Waals surface area contributed by atoms with Crippen LogP contribution in [-0.4, -0.2) is 58.5 Å². The van der Waals surface area contributed by atoms with Crippen LogP contribution >= 0.6 is 24.0 Å². The van der Waals surface area contributed by atoms with Gasteiger partial charge in [-0.05, 0) is 36.5 Å². The molecule has 0 aliphatic heterocycles. The Bertz CT molecular complexity index is 512. The van der Waals surface area contributed by atoms with Gasteiger partial charge in [-0.1, -0.05) is 33.6 Å². The standard InChI is InChI=1S/C18H37N3O2S.HI/c1-15-7-9-16(10-8-15)13-21(5)17(19-4)20-14-18(2,3)11-12-24(6,22)23;/h15-16H,7-14H2,1-6H3,(H,19,20);1H. The van der Waals surface area contributed by atoms with Gasteiger partial charge in [0, 0.05) is 33.4 Å². The average Bonchev–Trinajstić information content (AvgIpc) is 2.48. The Morgan fingerprint density at radius 2 is 1.80 bits per heavy atom. The molecule has 0 unspecified atom stereocenters. The average molecular weight is 487 g/mol. The molecular formula is C18H38IN3O2S. The van der Waals surface area contributed by atoms with Crippen molar-refractivity contribution in [3.8, 4) is 0 Å². The Morgan fingerprint density at radius 1 is 1.24 bits per heavy atom. The van der Waals surface area contributed by atoms with Crippen LogP contribution in [0.3, 0.4) is 0 Å². The summed E-state index contributed by atoms with van der Waals surface area (Å²) >= 11 is 0. The normalized spacial score (nSPS) is 22.2. The molecule has 1 aliphatic rings. The van der Waals surface area contributed by atoms with Crippen LogP contribution in [0.25, 0.3) is 0 Å². The Kier molecular flexibility index (Phi) is 10.9. The van der Waals surface area contributed by atoms with E-state index in [9.17, 15) is 8.42 Å². The molecule has 0 aromatic carbocycles. The Hall–Kier alpha value is -0.0500. The van der Waals surface area contributed by atoms with E-state index in [0.29, 0.717) is 6.42 Å². The summed E-state index contributed by atoms with van der Waals surface area (Å²) in [4.78, 5) is 6.61. The monoisotopic (exact) mass is 487 g/mol. The van der Waals surface area contributed by atoms with Crippen molar-refractivity contribution in [1.82, 2.24) is 10.2 Å². The minimum atomic E-state index is -2.91. The van der Waals surface area contributed by atoms with Crippen molar-refractivity contribution in [2.75, 3.05) is 39.2 Å². The first-order chi connectivity index (χ1) is 11.0. The van der Waals surface area contributed by atoms with Crippen LogP contribution in [0.4, 0.5) is 0 Å². The fourth-order valence-corrected chi connectivity index (χ4v) is 4.16. The first kappa shape index (κ1) is 24.9. The van der Waals surface area contributed by atoms with Crippen molar-refractivity contribution in [2.45, 2.75) is 52.9 Å². The maximum Gasteiger partial charge on any atom is 0.193 e. The third kappa shape index (κ3) is 10.6. The number of guanidine groups is 1. The maximum absolute atomic E-state index is 11.4. The first-order valence-corrected chi connectivity index (χ1v) is 11.2. The van der Waals surface area contributed by atoms with Gasteiger partial charge in [0.25, 0.3) is 0 Å². The Balaban J connectivity index is 0.00000576. The second-order valence-corrected chi connectivity index (χ2v) is 10.7. The van der Waals surface area contributed by atoms with E-state index in [0.717, 1.165) is 30.9 Å². The lowest BCUT2D eigenvalue weighted by atomic mass is 9.83. The van der Waals surface area contributed by atoms with Crippen LogP contribution in [0.5, 0.6) is 0 Å². The zero-order chi connectivity index (χ0) is 18.4. The molecule has 0 saturated heterocycles. The number of nitrogens with zero attached hydrogens (tertiary/aromatic N) is 2. The van der Waals surface area contributed by atoms with Gasteiger partial charge >= 0.3 is 0 Å². The molecule has 0 bridgehead atoms. The Labute approximate surface area is 172 Å². The van der Waals surface area contributed by atoms with E-state index in [-0.39, 0.29) is 35.1 Å². The fraction of sp³-hybridized carbons (Fsp3) is 0.944. The van der Waals surface area contributed by atoms with Crippen molar-refractivity contribution in [1.29, 1.82) is 0 Å². The molecule has 1 saturated carbocycles. The van der Waals surface area contributed by atoms with Gasteiger partial charge in [-0.15, -0.1) is 24.0 Å². The number of hydrogen-bond acceptors (Lipinski definition) is 3. The lowest BCUT2D eigenvalue weighted by Crippen LogP contribution is -2.45. The van der Waals surface area contributed by atoms with Crippen LogP contribution in [0.2, 0.25) is 0 Å². The third-order valence-electron chi connectivity index (χ3n) is 5.12. The number of aliphatic imine (C=N–C) groups is 1. The lowest BCUT2D eigenvalue weighted by molar-refractivity contribution is 0.248. The van der Waals surface area contributed by atoms with Crippen molar-refractivity contribution in [3.63, 3.8) is 0 Å². The summed E-state index contributed by atoms with van der Waals surface area (Å²) in [6.45, 7) is 8.30. The van der Waals surface area contributed by atoms with Crippen LogP contribution in [-0.2, 0) is 9.84 Å². The van der Waals surface area contributed by atoms with E-state index in [1.165, 1.54) is 31.9 Å². The predicted octanol–water partition coefficient (Wildman–Crippen LogP) is 3.40. The molecule has 7 heteroatoms. The quantitative estimate of drug-likeness (QED) is 0.340. The zero-order valence-electron chi connectivity index (χ0n) is 16.8. The zero-order valence-corrected chi connectivity index (χ0v) is 20.0. The topological polar surface area (TPSA) is 61.8 Å².